The number of nitrogens with one attached hydrogen (secondary N) is 1. The van der Waals surface area contributed by atoms with E-state index >= 15 is 0 Å². The summed E-state index contributed by atoms with van der Waals surface area (Å²) < 4.78 is 10.7. The molecular formula is C10H23NO2. The van der Waals surface area contributed by atoms with E-state index in [1.54, 1.807) is 0 Å². The van der Waals surface area contributed by atoms with Crippen LogP contribution in [0.5, 0.6) is 0 Å². The van der Waals surface area contributed by atoms with E-state index in [-0.39, 0.29) is 6.10 Å². The molecular weight excluding hydrogens is 166 g/mol. The predicted octanol–water partition coefficient (Wildman–Crippen LogP) is 1.43. The third-order valence-electron chi connectivity index (χ3n) is 1.61. The zero-order valence-electron chi connectivity index (χ0n) is 9.30. The van der Waals surface area contributed by atoms with Gasteiger partial charge in [0.25, 0.3) is 0 Å². The lowest BCUT2D eigenvalue weighted by Gasteiger charge is -2.14. The van der Waals surface area contributed by atoms with E-state index in [0.717, 1.165) is 19.8 Å². The van der Waals surface area contributed by atoms with E-state index in [1.807, 2.05) is 13.8 Å². The lowest BCUT2D eigenvalue weighted by Crippen LogP contribution is -2.28. The first-order valence-corrected chi connectivity index (χ1v) is 5.09. The number of ether oxygens (including phenoxy) is 2. The van der Waals surface area contributed by atoms with Gasteiger partial charge in [0, 0.05) is 19.2 Å². The Morgan fingerprint density at radius 2 is 1.92 bits per heavy atom. The Balaban J connectivity index is 3.12. The molecule has 0 aromatic heterocycles. The van der Waals surface area contributed by atoms with Crippen LogP contribution in [0.15, 0.2) is 0 Å². The van der Waals surface area contributed by atoms with Crippen molar-refractivity contribution in [1.29, 1.82) is 0 Å². The number of hydrogen-bond donors (Lipinski definition) is 1. The van der Waals surface area contributed by atoms with Gasteiger partial charge in [-0.3, -0.25) is 0 Å². The molecule has 0 aliphatic carbocycles. The Morgan fingerprint density at radius 3 is 2.46 bits per heavy atom. The molecule has 0 bridgehead atoms. The molecule has 0 amide bonds. The summed E-state index contributed by atoms with van der Waals surface area (Å²) in [5.74, 6) is 0. The first-order chi connectivity index (χ1) is 6.16. The lowest BCUT2D eigenvalue weighted by molar-refractivity contribution is -0.00223. The normalized spacial score (nSPS) is 13.6. The molecule has 80 valence electrons. The van der Waals surface area contributed by atoms with Crippen molar-refractivity contribution in [3.8, 4) is 0 Å². The Hall–Kier alpha value is -0.120. The van der Waals surface area contributed by atoms with Crippen molar-refractivity contribution < 1.29 is 9.47 Å². The average Bonchev–Trinajstić information content (AvgIpc) is 2.08. The quantitative estimate of drug-likeness (QED) is 0.586. The molecule has 3 nitrogen and oxygen atoms in total. The van der Waals surface area contributed by atoms with Crippen LogP contribution in [0.4, 0.5) is 0 Å². The Kier molecular flexibility index (Phi) is 8.40. The molecule has 1 unspecified atom stereocenters. The van der Waals surface area contributed by atoms with Crippen molar-refractivity contribution >= 4 is 0 Å². The molecule has 0 aromatic carbocycles. The highest BCUT2D eigenvalue weighted by Gasteiger charge is 2.00. The maximum atomic E-state index is 5.51. The standard InChI is InChI=1S/C10H23NO2/c1-5-12-8-10(4)13-7-6-11-9(2)3/h9-11H,5-8H2,1-4H3. The SMILES string of the molecule is CCOCC(C)OCCNC(C)C. The van der Waals surface area contributed by atoms with E-state index in [1.165, 1.54) is 0 Å². The summed E-state index contributed by atoms with van der Waals surface area (Å²) in [6.07, 6.45) is 0.203. The second kappa shape index (κ2) is 8.48. The highest BCUT2D eigenvalue weighted by molar-refractivity contribution is 4.53. The fourth-order valence-corrected chi connectivity index (χ4v) is 0.940. The van der Waals surface area contributed by atoms with Gasteiger partial charge in [-0.1, -0.05) is 13.8 Å². The predicted molar refractivity (Wildman–Crippen MR) is 55.0 cm³/mol. The summed E-state index contributed by atoms with van der Waals surface area (Å²) in [5, 5.41) is 3.29. The summed E-state index contributed by atoms with van der Waals surface area (Å²) in [6.45, 7) is 11.4. The lowest BCUT2D eigenvalue weighted by atomic mass is 10.4. The van der Waals surface area contributed by atoms with E-state index in [4.69, 9.17) is 9.47 Å². The minimum Gasteiger partial charge on any atom is -0.379 e. The second-order valence-corrected chi connectivity index (χ2v) is 3.45. The molecule has 1 N–H and O–H groups in total. The molecule has 0 aromatic rings. The average molecular weight is 189 g/mol. The van der Waals surface area contributed by atoms with Gasteiger partial charge in [0.15, 0.2) is 0 Å². The molecule has 0 spiro atoms. The van der Waals surface area contributed by atoms with Gasteiger partial charge in [-0.25, -0.2) is 0 Å². The fourth-order valence-electron chi connectivity index (χ4n) is 0.940. The van der Waals surface area contributed by atoms with E-state index < -0.39 is 0 Å². The molecule has 1 atom stereocenters. The van der Waals surface area contributed by atoms with Gasteiger partial charge in [0.05, 0.1) is 19.3 Å². The number of hydrogen-bond acceptors (Lipinski definition) is 3. The Bertz CT molecular complexity index is 107. The van der Waals surface area contributed by atoms with Gasteiger partial charge in [0.2, 0.25) is 0 Å². The van der Waals surface area contributed by atoms with Crippen LogP contribution in [0.1, 0.15) is 27.7 Å². The van der Waals surface area contributed by atoms with Crippen LogP contribution >= 0.6 is 0 Å². The molecule has 0 fully saturated rings. The molecule has 0 saturated carbocycles. The summed E-state index contributed by atoms with van der Waals surface area (Å²) in [6, 6.07) is 0.533. The number of rotatable bonds is 8. The van der Waals surface area contributed by atoms with Crippen LogP contribution in [0.2, 0.25) is 0 Å². The summed E-state index contributed by atoms with van der Waals surface area (Å²) in [4.78, 5) is 0. The van der Waals surface area contributed by atoms with Crippen molar-refractivity contribution in [3.05, 3.63) is 0 Å². The Morgan fingerprint density at radius 1 is 1.23 bits per heavy atom. The monoisotopic (exact) mass is 189 g/mol. The van der Waals surface area contributed by atoms with E-state index in [0.29, 0.717) is 12.6 Å². The van der Waals surface area contributed by atoms with Crippen molar-refractivity contribution in [2.24, 2.45) is 0 Å². The van der Waals surface area contributed by atoms with Crippen molar-refractivity contribution in [2.75, 3.05) is 26.4 Å². The molecule has 0 saturated heterocycles. The smallest absolute Gasteiger partial charge is 0.0781 e. The zero-order valence-corrected chi connectivity index (χ0v) is 9.30. The van der Waals surface area contributed by atoms with Crippen molar-refractivity contribution in [2.45, 2.75) is 39.8 Å². The molecule has 13 heavy (non-hydrogen) atoms. The summed E-state index contributed by atoms with van der Waals surface area (Å²) in [5.41, 5.74) is 0. The minimum absolute atomic E-state index is 0.203. The molecule has 0 aliphatic heterocycles. The topological polar surface area (TPSA) is 30.5 Å². The molecule has 0 rings (SSSR count). The van der Waals surface area contributed by atoms with E-state index in [9.17, 15) is 0 Å². The van der Waals surface area contributed by atoms with Gasteiger partial charge in [-0.2, -0.15) is 0 Å². The molecule has 0 heterocycles. The summed E-state index contributed by atoms with van der Waals surface area (Å²) >= 11 is 0. The van der Waals surface area contributed by atoms with Crippen LogP contribution in [-0.4, -0.2) is 38.5 Å². The minimum atomic E-state index is 0.203. The zero-order chi connectivity index (χ0) is 10.1. The van der Waals surface area contributed by atoms with Crippen LogP contribution in [0, 0.1) is 0 Å². The maximum absolute atomic E-state index is 5.51. The second-order valence-electron chi connectivity index (χ2n) is 3.45. The fraction of sp³-hybridized carbons (Fsp3) is 1.00. The Labute approximate surface area is 81.8 Å². The summed E-state index contributed by atoms with van der Waals surface area (Å²) in [7, 11) is 0. The van der Waals surface area contributed by atoms with Crippen LogP contribution in [0.25, 0.3) is 0 Å². The van der Waals surface area contributed by atoms with Gasteiger partial charge in [0.1, 0.15) is 0 Å². The van der Waals surface area contributed by atoms with Gasteiger partial charge in [-0.05, 0) is 13.8 Å². The van der Waals surface area contributed by atoms with E-state index in [2.05, 4.69) is 19.2 Å². The van der Waals surface area contributed by atoms with Gasteiger partial charge in [-0.15, -0.1) is 0 Å². The third kappa shape index (κ3) is 9.80. The van der Waals surface area contributed by atoms with Gasteiger partial charge < -0.3 is 14.8 Å². The highest BCUT2D eigenvalue weighted by atomic mass is 16.5. The first kappa shape index (κ1) is 12.9. The molecule has 3 heteroatoms. The van der Waals surface area contributed by atoms with Crippen molar-refractivity contribution in [3.63, 3.8) is 0 Å². The van der Waals surface area contributed by atoms with Gasteiger partial charge >= 0.3 is 0 Å². The molecule has 0 radical (unpaired) electrons. The third-order valence-corrected chi connectivity index (χ3v) is 1.61. The molecule has 0 aliphatic rings. The van der Waals surface area contributed by atoms with Crippen LogP contribution < -0.4 is 5.32 Å². The highest BCUT2D eigenvalue weighted by Crippen LogP contribution is 1.91. The first-order valence-electron chi connectivity index (χ1n) is 5.09. The van der Waals surface area contributed by atoms with Crippen LogP contribution in [0.3, 0.4) is 0 Å². The maximum Gasteiger partial charge on any atom is 0.0781 e. The van der Waals surface area contributed by atoms with Crippen LogP contribution in [-0.2, 0) is 9.47 Å². The largest absolute Gasteiger partial charge is 0.379 e. The van der Waals surface area contributed by atoms with Crippen molar-refractivity contribution in [1.82, 2.24) is 5.32 Å².